The molecule has 1 aliphatic rings. The van der Waals surface area contributed by atoms with Crippen LogP contribution < -0.4 is 10.2 Å². The van der Waals surface area contributed by atoms with Gasteiger partial charge in [-0.1, -0.05) is 0 Å². The minimum Gasteiger partial charge on any atom is -0.351 e. The van der Waals surface area contributed by atoms with E-state index in [-0.39, 0.29) is 18.1 Å². The van der Waals surface area contributed by atoms with Crippen LogP contribution in [0.4, 0.5) is 5.82 Å². The average Bonchev–Trinajstić information content (AvgIpc) is 3.39. The molecule has 0 aliphatic carbocycles. The van der Waals surface area contributed by atoms with Crippen molar-refractivity contribution in [1.82, 2.24) is 39.6 Å². The van der Waals surface area contributed by atoms with Crippen molar-refractivity contribution in [1.29, 1.82) is 0 Å². The zero-order valence-electron chi connectivity index (χ0n) is 16.0. The lowest BCUT2D eigenvalue weighted by atomic mass is 9.98. The third kappa shape index (κ3) is 3.18. The van der Waals surface area contributed by atoms with Crippen LogP contribution >= 0.6 is 15.9 Å². The fraction of sp³-hybridized carbons (Fsp3) is 0.316. The molecule has 3 unspecified atom stereocenters. The maximum atomic E-state index is 4.92. The van der Waals surface area contributed by atoms with E-state index >= 15 is 0 Å². The quantitative estimate of drug-likeness (QED) is 0.491. The molecule has 5 heterocycles. The number of imidazole rings is 2. The van der Waals surface area contributed by atoms with Gasteiger partial charge in [-0.3, -0.25) is 4.40 Å². The van der Waals surface area contributed by atoms with Crippen LogP contribution in [-0.2, 0) is 0 Å². The molecule has 1 fully saturated rings. The number of anilines is 1. The zero-order chi connectivity index (χ0) is 20.0. The summed E-state index contributed by atoms with van der Waals surface area (Å²) < 4.78 is 2.66. The molecule has 0 spiro atoms. The third-order valence-corrected chi connectivity index (χ3v) is 5.71. The minimum absolute atomic E-state index is 0.0632. The number of nitrogens with one attached hydrogen (secondary N) is 2. The van der Waals surface area contributed by atoms with Crippen molar-refractivity contribution in [3.05, 3.63) is 53.7 Å². The van der Waals surface area contributed by atoms with E-state index in [1.807, 2.05) is 22.9 Å². The SMILES string of the molecule is CC1NCC(C)N(c2ccnc(-c3cnc4cnc(Br)cn34)n2)C1c1c[nH]cn1. The van der Waals surface area contributed by atoms with E-state index < -0.39 is 0 Å². The van der Waals surface area contributed by atoms with Gasteiger partial charge in [-0.15, -0.1) is 0 Å². The molecule has 29 heavy (non-hydrogen) atoms. The molecule has 3 atom stereocenters. The van der Waals surface area contributed by atoms with Crippen molar-refractivity contribution in [3.63, 3.8) is 0 Å². The van der Waals surface area contributed by atoms with Crippen molar-refractivity contribution in [2.24, 2.45) is 0 Å². The van der Waals surface area contributed by atoms with Crippen LogP contribution in [0.15, 0.2) is 48.0 Å². The molecule has 0 bridgehead atoms. The number of piperazine rings is 1. The average molecular weight is 454 g/mol. The lowest BCUT2D eigenvalue weighted by Crippen LogP contribution is -2.56. The van der Waals surface area contributed by atoms with Crippen molar-refractivity contribution in [3.8, 4) is 11.5 Å². The third-order valence-electron chi connectivity index (χ3n) is 5.30. The number of H-pyrrole nitrogens is 1. The Kier molecular flexibility index (Phi) is 4.51. The fourth-order valence-electron chi connectivity index (χ4n) is 3.93. The molecule has 1 aliphatic heterocycles. The van der Waals surface area contributed by atoms with Gasteiger partial charge in [-0.2, -0.15) is 0 Å². The Morgan fingerprint density at radius 2 is 2.03 bits per heavy atom. The highest BCUT2D eigenvalue weighted by Crippen LogP contribution is 2.33. The van der Waals surface area contributed by atoms with E-state index in [4.69, 9.17) is 4.98 Å². The van der Waals surface area contributed by atoms with E-state index in [0.29, 0.717) is 5.82 Å². The molecule has 0 amide bonds. The highest BCUT2D eigenvalue weighted by atomic mass is 79.9. The van der Waals surface area contributed by atoms with E-state index in [1.165, 1.54) is 0 Å². The summed E-state index contributed by atoms with van der Waals surface area (Å²) in [5.41, 5.74) is 2.55. The topological polar surface area (TPSA) is 99.9 Å². The van der Waals surface area contributed by atoms with Crippen LogP contribution in [0.25, 0.3) is 17.2 Å². The first-order valence-electron chi connectivity index (χ1n) is 9.44. The molecule has 10 heteroatoms. The Hall–Kier alpha value is -2.85. The number of rotatable bonds is 3. The largest absolute Gasteiger partial charge is 0.351 e. The van der Waals surface area contributed by atoms with E-state index in [2.05, 4.69) is 64.9 Å². The predicted octanol–water partition coefficient (Wildman–Crippen LogP) is 2.60. The Balaban J connectivity index is 1.60. The molecule has 0 saturated carbocycles. The second-order valence-electron chi connectivity index (χ2n) is 7.21. The molecule has 5 rings (SSSR count). The Labute approximate surface area is 175 Å². The van der Waals surface area contributed by atoms with Crippen molar-refractivity contribution in [2.45, 2.75) is 32.0 Å². The van der Waals surface area contributed by atoms with Crippen LogP contribution in [0.2, 0.25) is 0 Å². The van der Waals surface area contributed by atoms with Crippen molar-refractivity contribution in [2.75, 3.05) is 11.4 Å². The number of nitrogens with zero attached hydrogens (tertiary/aromatic N) is 7. The molecular formula is C19H20BrN9. The first-order valence-corrected chi connectivity index (χ1v) is 10.2. The van der Waals surface area contributed by atoms with Crippen LogP contribution in [-0.4, -0.2) is 52.9 Å². The van der Waals surface area contributed by atoms with Crippen LogP contribution in [0, 0.1) is 0 Å². The summed E-state index contributed by atoms with van der Waals surface area (Å²) in [6.07, 6.45) is 10.8. The monoisotopic (exact) mass is 453 g/mol. The molecule has 1 saturated heterocycles. The fourth-order valence-corrected chi connectivity index (χ4v) is 4.24. The maximum absolute atomic E-state index is 4.92. The lowest BCUT2D eigenvalue weighted by molar-refractivity contribution is 0.339. The number of aromatic amines is 1. The maximum Gasteiger partial charge on any atom is 0.180 e. The summed E-state index contributed by atoms with van der Waals surface area (Å²) in [4.78, 5) is 28.0. The highest BCUT2D eigenvalue weighted by Gasteiger charge is 2.36. The van der Waals surface area contributed by atoms with Gasteiger partial charge < -0.3 is 15.2 Å². The standard InChI is InChI=1S/C19H20BrN9/c1-11-5-23-12(2)18(13-6-21-10-26-13)29(11)16-3-4-22-19(27-16)14-7-25-17-8-24-15(20)9-28(14)17/h3-4,6-12,18,23H,5H2,1-2H3,(H,21,26). The molecule has 2 N–H and O–H groups in total. The summed E-state index contributed by atoms with van der Waals surface area (Å²) in [6, 6.07) is 2.49. The lowest BCUT2D eigenvalue weighted by Gasteiger charge is -2.45. The second-order valence-corrected chi connectivity index (χ2v) is 8.02. The molecular weight excluding hydrogens is 434 g/mol. The van der Waals surface area contributed by atoms with Crippen LogP contribution in [0.5, 0.6) is 0 Å². The van der Waals surface area contributed by atoms with E-state index in [0.717, 1.165) is 34.0 Å². The summed E-state index contributed by atoms with van der Waals surface area (Å²) in [5.74, 6) is 1.49. The van der Waals surface area contributed by atoms with Gasteiger partial charge in [0, 0.05) is 37.2 Å². The smallest absolute Gasteiger partial charge is 0.180 e. The summed E-state index contributed by atoms with van der Waals surface area (Å²) in [5, 5.41) is 3.58. The molecule has 4 aromatic rings. The Morgan fingerprint density at radius 3 is 2.86 bits per heavy atom. The zero-order valence-corrected chi connectivity index (χ0v) is 17.6. The summed E-state index contributed by atoms with van der Waals surface area (Å²) in [7, 11) is 0. The summed E-state index contributed by atoms with van der Waals surface area (Å²) >= 11 is 3.42. The van der Waals surface area contributed by atoms with Gasteiger partial charge in [0.15, 0.2) is 11.5 Å². The van der Waals surface area contributed by atoms with E-state index in [9.17, 15) is 0 Å². The number of hydrogen-bond acceptors (Lipinski definition) is 7. The van der Waals surface area contributed by atoms with Crippen molar-refractivity contribution >= 4 is 27.4 Å². The second kappa shape index (κ2) is 7.20. The summed E-state index contributed by atoms with van der Waals surface area (Å²) in [6.45, 7) is 5.24. The predicted molar refractivity (Wildman–Crippen MR) is 112 cm³/mol. The van der Waals surface area contributed by atoms with Gasteiger partial charge in [-0.05, 0) is 35.8 Å². The minimum atomic E-state index is 0.0632. The molecule has 0 aromatic carbocycles. The molecule has 4 aromatic heterocycles. The van der Waals surface area contributed by atoms with Crippen LogP contribution in [0.3, 0.4) is 0 Å². The van der Waals surface area contributed by atoms with Gasteiger partial charge in [0.05, 0.1) is 30.5 Å². The molecule has 0 radical (unpaired) electrons. The Morgan fingerprint density at radius 1 is 1.14 bits per heavy atom. The van der Waals surface area contributed by atoms with Gasteiger partial charge in [0.2, 0.25) is 0 Å². The normalized spacial score (nSPS) is 22.3. The molecule has 9 nitrogen and oxygen atoms in total. The van der Waals surface area contributed by atoms with Gasteiger partial charge in [-0.25, -0.2) is 24.9 Å². The van der Waals surface area contributed by atoms with Gasteiger partial charge >= 0.3 is 0 Å². The Bertz CT molecular complexity index is 1140. The van der Waals surface area contributed by atoms with Crippen molar-refractivity contribution < 1.29 is 0 Å². The first kappa shape index (κ1) is 18.2. The molecule has 148 valence electrons. The van der Waals surface area contributed by atoms with Gasteiger partial charge in [0.25, 0.3) is 0 Å². The van der Waals surface area contributed by atoms with E-state index in [1.54, 1.807) is 24.9 Å². The number of aromatic nitrogens is 7. The number of hydrogen-bond donors (Lipinski definition) is 2. The number of halogens is 1. The highest BCUT2D eigenvalue weighted by molar-refractivity contribution is 9.10. The first-order chi connectivity index (χ1) is 14.1. The number of fused-ring (bicyclic) bond motifs is 1. The van der Waals surface area contributed by atoms with Crippen LogP contribution in [0.1, 0.15) is 25.6 Å². The van der Waals surface area contributed by atoms with Gasteiger partial charge in [0.1, 0.15) is 16.1 Å².